The third-order valence-corrected chi connectivity index (χ3v) is 3.96. The first-order valence-electron chi connectivity index (χ1n) is 6.69. The highest BCUT2D eigenvalue weighted by Crippen LogP contribution is 2.14. The highest BCUT2D eigenvalue weighted by Gasteiger charge is 2.11. The van der Waals surface area contributed by atoms with Gasteiger partial charge in [0.2, 0.25) is 0 Å². The molecule has 0 unspecified atom stereocenters. The highest BCUT2D eigenvalue weighted by molar-refractivity contribution is 9.10. The van der Waals surface area contributed by atoms with Crippen LogP contribution in [0.4, 0.5) is 5.69 Å². The van der Waals surface area contributed by atoms with Crippen LogP contribution in [-0.4, -0.2) is 12.5 Å². The van der Waals surface area contributed by atoms with Gasteiger partial charge in [-0.15, -0.1) is 0 Å². The maximum atomic E-state index is 11.9. The van der Waals surface area contributed by atoms with Crippen LogP contribution in [0.25, 0.3) is 0 Å². The normalized spacial score (nSPS) is 12.0. The van der Waals surface area contributed by atoms with Gasteiger partial charge in [0, 0.05) is 20.7 Å². The summed E-state index contributed by atoms with van der Waals surface area (Å²) in [5.74, 6) is -0.0156. The molecule has 2 aromatic rings. The topological polar surface area (TPSA) is 45.7 Å². The fraction of sp³-hybridized carbons (Fsp3) is 0.188. The Hall–Kier alpha value is -1.36. The fourth-order valence-corrected chi connectivity index (χ4v) is 2.32. The lowest BCUT2D eigenvalue weighted by Gasteiger charge is -2.11. The zero-order chi connectivity index (χ0) is 15.2. The molecule has 0 aliphatic rings. The molecule has 0 aliphatic heterocycles. The van der Waals surface area contributed by atoms with Gasteiger partial charge in [0.1, 0.15) is 6.04 Å². The zero-order valence-corrected chi connectivity index (χ0v) is 14.0. The monoisotopic (exact) mass is 367 g/mol. The molecular formula is C16H17BrClN2O+. The lowest BCUT2D eigenvalue weighted by molar-refractivity contribution is -0.682. The van der Waals surface area contributed by atoms with Gasteiger partial charge < -0.3 is 10.6 Å². The molecule has 110 valence electrons. The molecule has 21 heavy (non-hydrogen) atoms. The van der Waals surface area contributed by atoms with Gasteiger partial charge in [-0.25, -0.2) is 0 Å². The maximum Gasteiger partial charge on any atom is 0.279 e. The van der Waals surface area contributed by atoms with Crippen molar-refractivity contribution in [1.82, 2.24) is 0 Å². The Morgan fingerprint density at radius 2 is 1.81 bits per heavy atom. The van der Waals surface area contributed by atoms with Crippen LogP contribution in [0, 0.1) is 0 Å². The first-order chi connectivity index (χ1) is 10.0. The van der Waals surface area contributed by atoms with Gasteiger partial charge >= 0.3 is 0 Å². The van der Waals surface area contributed by atoms with Gasteiger partial charge in [0.15, 0.2) is 6.54 Å². The molecule has 0 heterocycles. The first-order valence-corrected chi connectivity index (χ1v) is 7.86. The predicted octanol–water partition coefficient (Wildman–Crippen LogP) is 3.37. The van der Waals surface area contributed by atoms with Crippen molar-refractivity contribution in [2.45, 2.75) is 13.0 Å². The van der Waals surface area contributed by atoms with Crippen molar-refractivity contribution in [2.75, 3.05) is 11.9 Å². The van der Waals surface area contributed by atoms with E-state index in [0.29, 0.717) is 6.54 Å². The molecule has 1 amide bonds. The highest BCUT2D eigenvalue weighted by atomic mass is 79.9. The van der Waals surface area contributed by atoms with Gasteiger partial charge in [0.25, 0.3) is 5.91 Å². The third kappa shape index (κ3) is 5.16. The molecule has 0 spiro atoms. The summed E-state index contributed by atoms with van der Waals surface area (Å²) in [6.07, 6.45) is 0. The van der Waals surface area contributed by atoms with Crippen LogP contribution < -0.4 is 10.6 Å². The van der Waals surface area contributed by atoms with Crippen LogP contribution in [0.1, 0.15) is 18.5 Å². The summed E-state index contributed by atoms with van der Waals surface area (Å²) in [5, 5.41) is 5.59. The van der Waals surface area contributed by atoms with E-state index in [-0.39, 0.29) is 11.9 Å². The van der Waals surface area contributed by atoms with Crippen molar-refractivity contribution in [2.24, 2.45) is 0 Å². The molecule has 0 saturated carbocycles. The molecule has 2 rings (SSSR count). The van der Waals surface area contributed by atoms with Gasteiger partial charge in [-0.3, -0.25) is 4.79 Å². The Morgan fingerprint density at radius 3 is 2.43 bits per heavy atom. The van der Waals surface area contributed by atoms with Crippen LogP contribution in [0.5, 0.6) is 0 Å². The quantitative estimate of drug-likeness (QED) is 0.835. The van der Waals surface area contributed by atoms with Crippen molar-refractivity contribution >= 4 is 39.1 Å². The standard InChI is InChI=1S/C16H16BrClN2O/c1-11(12-2-6-14(18)7-3-12)19-10-16(21)20-15-8-4-13(17)5-9-15/h2-9,11,19H,10H2,1H3,(H,20,21)/p+1/t11-/m1/s1. The lowest BCUT2D eigenvalue weighted by Crippen LogP contribution is -2.86. The fourth-order valence-electron chi connectivity index (χ4n) is 1.93. The van der Waals surface area contributed by atoms with Crippen molar-refractivity contribution in [3.05, 3.63) is 63.6 Å². The molecular weight excluding hydrogens is 352 g/mol. The number of quaternary nitrogens is 1. The number of rotatable bonds is 5. The minimum absolute atomic E-state index is 0.0156. The van der Waals surface area contributed by atoms with Crippen molar-refractivity contribution < 1.29 is 10.1 Å². The number of hydrogen-bond donors (Lipinski definition) is 2. The minimum Gasteiger partial charge on any atom is -0.333 e. The van der Waals surface area contributed by atoms with Crippen LogP contribution in [0.2, 0.25) is 5.02 Å². The van der Waals surface area contributed by atoms with Gasteiger partial charge in [-0.1, -0.05) is 39.7 Å². The Balaban J connectivity index is 1.83. The molecule has 1 atom stereocenters. The second-order valence-electron chi connectivity index (χ2n) is 4.84. The third-order valence-electron chi connectivity index (χ3n) is 3.18. The van der Waals surface area contributed by atoms with Crippen LogP contribution >= 0.6 is 27.5 Å². The van der Waals surface area contributed by atoms with Gasteiger partial charge in [-0.05, 0) is 43.3 Å². The summed E-state index contributed by atoms with van der Waals surface area (Å²) in [6, 6.07) is 15.4. The van der Waals surface area contributed by atoms with E-state index in [2.05, 4.69) is 28.2 Å². The number of carbonyl (C=O) groups excluding carboxylic acids is 1. The number of amides is 1. The molecule has 5 heteroatoms. The summed E-state index contributed by atoms with van der Waals surface area (Å²) in [6.45, 7) is 2.44. The van der Waals surface area contributed by atoms with E-state index in [9.17, 15) is 4.79 Å². The molecule has 2 aromatic carbocycles. The second-order valence-corrected chi connectivity index (χ2v) is 6.19. The van der Waals surface area contributed by atoms with Crippen molar-refractivity contribution in [1.29, 1.82) is 0 Å². The summed E-state index contributed by atoms with van der Waals surface area (Å²) >= 11 is 9.23. The number of benzene rings is 2. The molecule has 3 N–H and O–H groups in total. The smallest absolute Gasteiger partial charge is 0.279 e. The summed E-state index contributed by atoms with van der Waals surface area (Å²) in [4.78, 5) is 11.9. The average Bonchev–Trinajstić information content (AvgIpc) is 2.48. The van der Waals surface area contributed by atoms with E-state index in [1.165, 1.54) is 0 Å². The van der Waals surface area contributed by atoms with Crippen molar-refractivity contribution in [3.63, 3.8) is 0 Å². The van der Waals surface area contributed by atoms with Crippen LogP contribution in [0.3, 0.4) is 0 Å². The van der Waals surface area contributed by atoms with E-state index < -0.39 is 0 Å². The van der Waals surface area contributed by atoms with E-state index in [0.717, 1.165) is 20.7 Å². The molecule has 0 bridgehead atoms. The second kappa shape index (κ2) is 7.59. The van der Waals surface area contributed by atoms with Crippen molar-refractivity contribution in [3.8, 4) is 0 Å². The average molecular weight is 369 g/mol. The van der Waals surface area contributed by atoms with E-state index in [1.54, 1.807) is 0 Å². The number of carbonyl (C=O) groups is 1. The Labute approximate surface area is 137 Å². The van der Waals surface area contributed by atoms with Crippen LogP contribution in [-0.2, 0) is 4.79 Å². The van der Waals surface area contributed by atoms with Gasteiger partial charge in [0.05, 0.1) is 0 Å². The summed E-state index contributed by atoms with van der Waals surface area (Å²) in [7, 11) is 0. The number of nitrogens with two attached hydrogens (primary N) is 1. The molecule has 0 aromatic heterocycles. The van der Waals surface area contributed by atoms with Crippen LogP contribution in [0.15, 0.2) is 53.0 Å². The summed E-state index contributed by atoms with van der Waals surface area (Å²) in [5.41, 5.74) is 1.95. The SMILES string of the molecule is C[C@@H]([NH2+]CC(=O)Nc1ccc(Br)cc1)c1ccc(Cl)cc1. The molecule has 0 radical (unpaired) electrons. The molecule has 0 aliphatic carbocycles. The number of hydrogen-bond acceptors (Lipinski definition) is 1. The first kappa shape index (κ1) is 16.0. The van der Waals surface area contributed by atoms with E-state index in [4.69, 9.17) is 11.6 Å². The number of halogens is 2. The Morgan fingerprint density at radius 1 is 1.19 bits per heavy atom. The van der Waals surface area contributed by atoms with E-state index in [1.807, 2.05) is 53.8 Å². The van der Waals surface area contributed by atoms with Gasteiger partial charge in [-0.2, -0.15) is 0 Å². The minimum atomic E-state index is -0.0156. The zero-order valence-electron chi connectivity index (χ0n) is 11.6. The molecule has 0 fully saturated rings. The predicted molar refractivity (Wildman–Crippen MR) is 89.4 cm³/mol. The number of nitrogens with one attached hydrogen (secondary N) is 1. The summed E-state index contributed by atoms with van der Waals surface area (Å²) < 4.78 is 0.989. The molecule has 3 nitrogen and oxygen atoms in total. The lowest BCUT2D eigenvalue weighted by atomic mass is 10.1. The molecule has 0 saturated heterocycles. The van der Waals surface area contributed by atoms with E-state index >= 15 is 0 Å². The Bertz CT molecular complexity index is 599. The largest absolute Gasteiger partial charge is 0.333 e. The Kier molecular flexibility index (Phi) is 5.79. The maximum absolute atomic E-state index is 11.9. The number of anilines is 1.